The van der Waals surface area contributed by atoms with Crippen molar-refractivity contribution in [2.45, 2.75) is 74.8 Å². The Morgan fingerprint density at radius 3 is 1.58 bits per heavy atom. The van der Waals surface area contributed by atoms with E-state index in [-0.39, 0.29) is 10.8 Å². The molecule has 5 rings (SSSR count). The van der Waals surface area contributed by atoms with Gasteiger partial charge >= 0.3 is 0 Å². The van der Waals surface area contributed by atoms with E-state index in [4.69, 9.17) is 16.0 Å². The quantitative estimate of drug-likeness (QED) is 0.181. The first-order chi connectivity index (χ1) is 20.4. The number of hydrogen-bond acceptors (Lipinski definition) is 2. The molecule has 0 heterocycles. The summed E-state index contributed by atoms with van der Waals surface area (Å²) in [5.74, 6) is 0. The van der Waals surface area contributed by atoms with Crippen molar-refractivity contribution in [3.8, 4) is 0 Å². The monoisotopic (exact) mass is 672 g/mol. The van der Waals surface area contributed by atoms with Gasteiger partial charge in [-0.15, -0.1) is 0 Å². The second-order valence-electron chi connectivity index (χ2n) is 12.5. The Bertz CT molecular complexity index is 1530. The predicted molar refractivity (Wildman–Crippen MR) is 187 cm³/mol. The Hall–Kier alpha value is -2.47. The van der Waals surface area contributed by atoms with E-state index in [1.54, 1.807) is 0 Å². The minimum Gasteiger partial charge on any atom is -0.401 e. The van der Waals surface area contributed by atoms with Crippen LogP contribution in [0.25, 0.3) is 0 Å². The van der Waals surface area contributed by atoms with Crippen molar-refractivity contribution in [3.05, 3.63) is 153 Å². The highest BCUT2D eigenvalue weighted by Gasteiger charge is 2.42. The second-order valence-corrected chi connectivity index (χ2v) is 18.5. The van der Waals surface area contributed by atoms with Gasteiger partial charge in [0.2, 0.25) is 0 Å². The molecule has 2 aliphatic carbocycles. The second kappa shape index (κ2) is 12.1. The lowest BCUT2D eigenvalue weighted by Gasteiger charge is -2.42. The number of allylic oxidation sites excluding steroid dienone is 4. The van der Waals surface area contributed by atoms with Gasteiger partial charge in [0.1, 0.15) is 11.2 Å². The van der Waals surface area contributed by atoms with Crippen LogP contribution in [0.1, 0.15) is 56.9 Å². The maximum absolute atomic E-state index is 11.9. The molecule has 0 aromatic heterocycles. The fourth-order valence-corrected chi connectivity index (χ4v) is 9.70. The predicted octanol–water partition coefficient (Wildman–Crippen LogP) is 10.7. The van der Waals surface area contributed by atoms with E-state index >= 15 is 0 Å². The Labute approximate surface area is 272 Å². The van der Waals surface area contributed by atoms with Crippen molar-refractivity contribution >= 4 is 35.8 Å². The number of halogens is 2. The molecule has 0 bridgehead atoms. The molecule has 0 radical (unpaired) electrons. The average Bonchev–Trinajstić information content (AvgIpc) is 3.03. The highest BCUT2D eigenvalue weighted by atomic mass is 79.9. The van der Waals surface area contributed by atoms with Crippen LogP contribution in [0.15, 0.2) is 126 Å². The number of benzene rings is 3. The highest BCUT2D eigenvalue weighted by Crippen LogP contribution is 2.44. The summed E-state index contributed by atoms with van der Waals surface area (Å²) in [5, 5.41) is 12.6. The zero-order valence-corrected chi connectivity index (χ0v) is 29.1. The van der Waals surface area contributed by atoms with Gasteiger partial charge in [0.05, 0.1) is 0 Å². The molecule has 2 nitrogen and oxygen atoms in total. The van der Waals surface area contributed by atoms with Gasteiger partial charge in [0.15, 0.2) is 8.32 Å². The van der Waals surface area contributed by atoms with Gasteiger partial charge < -0.3 is 9.53 Å². The molecule has 0 unspecified atom stereocenters. The maximum Gasteiger partial charge on any atom is 0.194 e. The number of aliphatic hydroxyl groups is 1. The van der Waals surface area contributed by atoms with Gasteiger partial charge in [-0.3, -0.25) is 0 Å². The zero-order chi connectivity index (χ0) is 30.9. The van der Waals surface area contributed by atoms with Crippen molar-refractivity contribution in [1.82, 2.24) is 0 Å². The fourth-order valence-electron chi connectivity index (χ4n) is 6.27. The van der Waals surface area contributed by atoms with Crippen molar-refractivity contribution in [2.24, 2.45) is 0 Å². The minimum absolute atomic E-state index is 0.187. The summed E-state index contributed by atoms with van der Waals surface area (Å²) in [4.78, 5) is 0. The van der Waals surface area contributed by atoms with Crippen LogP contribution in [-0.4, -0.2) is 13.4 Å². The van der Waals surface area contributed by atoms with Crippen LogP contribution in [0.3, 0.4) is 0 Å². The SMILES string of the molecule is CC[Si](CC)(CC)OC1(c2cccc(Br)c2)C=CC(O)(c2ccc(C3(C)C=CC(C)(c4ccc(Cl)cc4)C=C3)cc2)C=C1. The van der Waals surface area contributed by atoms with Crippen molar-refractivity contribution in [1.29, 1.82) is 0 Å². The molecule has 5 heteroatoms. The number of hydrogen-bond donors (Lipinski definition) is 1. The van der Waals surface area contributed by atoms with E-state index in [1.807, 2.05) is 48.6 Å². The molecule has 224 valence electrons. The van der Waals surface area contributed by atoms with Gasteiger partial charge in [-0.25, -0.2) is 0 Å². The molecule has 0 saturated carbocycles. The Balaban J connectivity index is 1.41. The zero-order valence-electron chi connectivity index (χ0n) is 25.8. The lowest BCUT2D eigenvalue weighted by Crippen LogP contribution is -2.45. The van der Waals surface area contributed by atoms with Crippen LogP contribution >= 0.6 is 27.5 Å². The van der Waals surface area contributed by atoms with Gasteiger partial charge in [-0.1, -0.05) is 121 Å². The summed E-state index contributed by atoms with van der Waals surface area (Å²) < 4.78 is 8.17. The van der Waals surface area contributed by atoms with Crippen molar-refractivity contribution < 1.29 is 9.53 Å². The van der Waals surface area contributed by atoms with E-state index < -0.39 is 19.5 Å². The van der Waals surface area contributed by atoms with Gasteiger partial charge in [-0.2, -0.15) is 0 Å². The maximum atomic E-state index is 11.9. The Kier molecular flexibility index (Phi) is 9.01. The summed E-state index contributed by atoms with van der Waals surface area (Å²) in [7, 11) is -1.99. The summed E-state index contributed by atoms with van der Waals surface area (Å²) in [6.45, 7) is 11.2. The Morgan fingerprint density at radius 1 is 0.651 bits per heavy atom. The van der Waals surface area contributed by atoms with Crippen LogP contribution in [-0.2, 0) is 26.5 Å². The Morgan fingerprint density at radius 2 is 1.12 bits per heavy atom. The minimum atomic E-state index is -1.99. The fraction of sp³-hybridized carbons (Fsp3) is 0.316. The standard InChI is InChI=1S/C38H42BrClO2Si/c1-6-43(7-2,8-3)42-38(32-10-9-11-33(39)28-32)26-24-37(41,25-27-38)31-14-12-29(13-15-31)35(4)20-22-36(5,23-21-35)30-16-18-34(40)19-17-30/h9-28,41H,6-8H2,1-5H3. The topological polar surface area (TPSA) is 29.5 Å². The third-order valence-corrected chi connectivity index (χ3v) is 15.1. The van der Waals surface area contributed by atoms with E-state index in [0.29, 0.717) is 0 Å². The van der Waals surface area contributed by atoms with E-state index in [9.17, 15) is 5.11 Å². The molecule has 3 aromatic rings. The third kappa shape index (κ3) is 6.23. The first-order valence-electron chi connectivity index (χ1n) is 15.3. The van der Waals surface area contributed by atoms with Gasteiger partial charge in [0.25, 0.3) is 0 Å². The summed E-state index contributed by atoms with van der Waals surface area (Å²) in [6.07, 6.45) is 17.1. The van der Waals surface area contributed by atoms with E-state index in [0.717, 1.165) is 38.8 Å². The van der Waals surface area contributed by atoms with Gasteiger partial charge in [0, 0.05) is 20.3 Å². The van der Waals surface area contributed by atoms with E-state index in [2.05, 4.69) is 123 Å². The molecule has 0 amide bonds. The largest absolute Gasteiger partial charge is 0.401 e. The molecule has 0 aliphatic heterocycles. The smallest absolute Gasteiger partial charge is 0.194 e. The molecule has 3 aromatic carbocycles. The molecule has 0 fully saturated rings. The summed E-state index contributed by atoms with van der Waals surface area (Å²) in [6, 6.07) is 27.9. The van der Waals surface area contributed by atoms with Crippen LogP contribution < -0.4 is 0 Å². The van der Waals surface area contributed by atoms with E-state index in [1.165, 1.54) is 11.1 Å². The number of rotatable bonds is 9. The van der Waals surface area contributed by atoms with Crippen LogP contribution in [0.4, 0.5) is 0 Å². The lowest BCUT2D eigenvalue weighted by molar-refractivity contribution is 0.113. The molecule has 2 aliphatic rings. The van der Waals surface area contributed by atoms with Crippen molar-refractivity contribution in [3.63, 3.8) is 0 Å². The first kappa shape index (κ1) is 31.9. The third-order valence-electron chi connectivity index (χ3n) is 9.75. The molecule has 1 N–H and O–H groups in total. The highest BCUT2D eigenvalue weighted by molar-refractivity contribution is 9.10. The average molecular weight is 674 g/mol. The molecule has 43 heavy (non-hydrogen) atoms. The summed E-state index contributed by atoms with van der Waals surface area (Å²) in [5.41, 5.74) is 1.90. The van der Waals surface area contributed by atoms with Gasteiger partial charge in [-0.05, 0) is 103 Å². The first-order valence-corrected chi connectivity index (χ1v) is 19.0. The molecule has 0 spiro atoms. The lowest BCUT2D eigenvalue weighted by atomic mass is 9.70. The molecule has 0 atom stereocenters. The van der Waals surface area contributed by atoms with Crippen LogP contribution in [0, 0.1) is 0 Å². The molecular formula is C38H42BrClO2Si. The summed E-state index contributed by atoms with van der Waals surface area (Å²) >= 11 is 9.77. The van der Waals surface area contributed by atoms with Crippen molar-refractivity contribution in [2.75, 3.05) is 0 Å². The molecular weight excluding hydrogens is 632 g/mol. The van der Waals surface area contributed by atoms with Crippen LogP contribution in [0.2, 0.25) is 23.2 Å². The van der Waals surface area contributed by atoms with Crippen LogP contribution in [0.5, 0.6) is 0 Å². The molecule has 0 saturated heterocycles. The normalized spacial score (nSPS) is 28.4.